The minimum absolute atomic E-state index is 0.698. The largest absolute Gasteiger partial charge is 0.287 e. The number of aromatic nitrogens is 1. The summed E-state index contributed by atoms with van der Waals surface area (Å²) in [5.41, 5.74) is 5.57. The summed E-state index contributed by atoms with van der Waals surface area (Å²) in [6.07, 6.45) is 1.91. The van der Waals surface area contributed by atoms with Gasteiger partial charge >= 0.3 is 0 Å². The first-order valence-electron chi connectivity index (χ1n) is 3.52. The van der Waals surface area contributed by atoms with Gasteiger partial charge in [-0.1, -0.05) is 24.3 Å². The number of nitrogens with one attached hydrogen (secondary N) is 1. The standard InChI is InChI=1S/C9H8N2/c10-9-5-7-3-1-2-4-8(7)6-11-9/h1-6H,(H2,10,11)/p+1. The van der Waals surface area contributed by atoms with E-state index in [4.69, 9.17) is 5.73 Å². The van der Waals surface area contributed by atoms with Crippen molar-refractivity contribution in [2.24, 2.45) is 0 Å². The predicted octanol–water partition coefficient (Wildman–Crippen LogP) is 1.24. The molecule has 0 saturated carbocycles. The van der Waals surface area contributed by atoms with Gasteiger partial charge in [0.25, 0.3) is 5.82 Å². The molecule has 0 saturated heterocycles. The van der Waals surface area contributed by atoms with E-state index in [1.165, 1.54) is 10.8 Å². The third kappa shape index (κ3) is 1.03. The lowest BCUT2D eigenvalue weighted by molar-refractivity contribution is -0.358. The number of fused-ring (bicyclic) bond motifs is 1. The molecular formula is C9H9N2+. The predicted molar refractivity (Wildman–Crippen MR) is 44.9 cm³/mol. The number of aromatic amines is 1. The summed E-state index contributed by atoms with van der Waals surface area (Å²) in [4.78, 5) is 2.95. The lowest BCUT2D eigenvalue weighted by atomic mass is 10.2. The van der Waals surface area contributed by atoms with E-state index in [1.807, 2.05) is 36.5 Å². The maximum atomic E-state index is 5.57. The average molecular weight is 145 g/mol. The number of pyridine rings is 1. The number of hydrogen-bond acceptors (Lipinski definition) is 1. The van der Waals surface area contributed by atoms with Gasteiger partial charge in [0.2, 0.25) is 0 Å². The zero-order valence-corrected chi connectivity index (χ0v) is 6.04. The van der Waals surface area contributed by atoms with Crippen LogP contribution in [0.15, 0.2) is 36.5 Å². The molecule has 2 rings (SSSR count). The Bertz CT molecular complexity index is 382. The topological polar surface area (TPSA) is 40.2 Å². The summed E-state index contributed by atoms with van der Waals surface area (Å²) < 4.78 is 0. The molecule has 0 radical (unpaired) electrons. The molecule has 0 atom stereocenters. The van der Waals surface area contributed by atoms with E-state index < -0.39 is 0 Å². The van der Waals surface area contributed by atoms with Gasteiger partial charge in [-0.25, -0.2) is 4.98 Å². The van der Waals surface area contributed by atoms with Gasteiger partial charge in [-0.15, -0.1) is 0 Å². The number of hydrogen-bond donors (Lipinski definition) is 1. The summed E-state index contributed by atoms with van der Waals surface area (Å²) in [7, 11) is 0. The van der Waals surface area contributed by atoms with Gasteiger partial charge in [-0.3, -0.25) is 5.73 Å². The van der Waals surface area contributed by atoms with Crippen molar-refractivity contribution in [1.29, 1.82) is 0 Å². The number of H-pyrrole nitrogens is 1. The van der Waals surface area contributed by atoms with Crippen molar-refractivity contribution in [3.63, 3.8) is 0 Å². The average Bonchev–Trinajstić information content (AvgIpc) is 2.04. The van der Waals surface area contributed by atoms with Crippen LogP contribution in [0.4, 0.5) is 5.82 Å². The molecule has 0 unspecified atom stereocenters. The first-order chi connectivity index (χ1) is 5.36. The zero-order chi connectivity index (χ0) is 7.68. The second-order valence-corrected chi connectivity index (χ2v) is 2.52. The smallest absolute Gasteiger partial charge is 0.270 e. The normalized spacial score (nSPS) is 10.2. The molecule has 11 heavy (non-hydrogen) atoms. The molecule has 0 aliphatic heterocycles. The van der Waals surface area contributed by atoms with Crippen molar-refractivity contribution in [3.05, 3.63) is 36.5 Å². The van der Waals surface area contributed by atoms with Gasteiger partial charge in [-0.05, 0) is 5.39 Å². The van der Waals surface area contributed by atoms with Crippen LogP contribution in [0.2, 0.25) is 0 Å². The van der Waals surface area contributed by atoms with E-state index in [1.54, 1.807) is 0 Å². The fourth-order valence-electron chi connectivity index (χ4n) is 1.14. The fourth-order valence-corrected chi connectivity index (χ4v) is 1.14. The molecule has 2 aromatic rings. The molecule has 1 aromatic carbocycles. The Hall–Kier alpha value is -1.57. The molecule has 0 fully saturated rings. The van der Waals surface area contributed by atoms with Crippen LogP contribution < -0.4 is 10.7 Å². The molecule has 3 N–H and O–H groups in total. The monoisotopic (exact) mass is 145 g/mol. The van der Waals surface area contributed by atoms with Crippen molar-refractivity contribution in [3.8, 4) is 0 Å². The molecule has 2 nitrogen and oxygen atoms in total. The Morgan fingerprint density at radius 2 is 1.82 bits per heavy atom. The van der Waals surface area contributed by atoms with Crippen molar-refractivity contribution in [2.75, 3.05) is 5.73 Å². The van der Waals surface area contributed by atoms with Crippen LogP contribution in [0.1, 0.15) is 0 Å². The van der Waals surface area contributed by atoms with Crippen LogP contribution in [0.3, 0.4) is 0 Å². The highest BCUT2D eigenvalue weighted by Crippen LogP contribution is 2.11. The number of benzene rings is 1. The van der Waals surface area contributed by atoms with Crippen LogP contribution in [0.5, 0.6) is 0 Å². The first kappa shape index (κ1) is 6.16. The van der Waals surface area contributed by atoms with Crippen molar-refractivity contribution in [1.82, 2.24) is 0 Å². The van der Waals surface area contributed by atoms with Crippen LogP contribution in [0, 0.1) is 0 Å². The highest BCUT2D eigenvalue weighted by Gasteiger charge is 1.95. The van der Waals surface area contributed by atoms with Gasteiger partial charge in [0, 0.05) is 11.5 Å². The Kier molecular flexibility index (Phi) is 1.25. The molecule has 2 heteroatoms. The Labute approximate surface area is 64.7 Å². The van der Waals surface area contributed by atoms with E-state index in [9.17, 15) is 0 Å². The van der Waals surface area contributed by atoms with Gasteiger partial charge in [-0.2, -0.15) is 0 Å². The maximum Gasteiger partial charge on any atom is 0.270 e. The molecule has 0 aliphatic rings. The Balaban J connectivity index is 2.83. The minimum atomic E-state index is 0.698. The summed E-state index contributed by atoms with van der Waals surface area (Å²) >= 11 is 0. The zero-order valence-electron chi connectivity index (χ0n) is 6.04. The SMILES string of the molecule is Nc1cc2ccccc2c[nH+]1. The summed E-state index contributed by atoms with van der Waals surface area (Å²) in [5.74, 6) is 0.698. The molecule has 1 heterocycles. The highest BCUT2D eigenvalue weighted by molar-refractivity contribution is 5.82. The molecule has 0 bridgehead atoms. The first-order valence-corrected chi connectivity index (χ1v) is 3.52. The van der Waals surface area contributed by atoms with Crippen molar-refractivity contribution < 1.29 is 4.98 Å². The highest BCUT2D eigenvalue weighted by atomic mass is 14.8. The van der Waals surface area contributed by atoms with Crippen molar-refractivity contribution in [2.45, 2.75) is 0 Å². The van der Waals surface area contributed by atoms with Crippen LogP contribution in [-0.4, -0.2) is 0 Å². The molecule has 0 spiro atoms. The van der Waals surface area contributed by atoms with E-state index >= 15 is 0 Å². The molecule has 1 aromatic heterocycles. The lowest BCUT2D eigenvalue weighted by Gasteiger charge is -1.92. The Morgan fingerprint density at radius 3 is 2.64 bits per heavy atom. The van der Waals surface area contributed by atoms with Gasteiger partial charge < -0.3 is 0 Å². The molecular weight excluding hydrogens is 136 g/mol. The minimum Gasteiger partial charge on any atom is -0.287 e. The van der Waals surface area contributed by atoms with Gasteiger partial charge in [0.05, 0.1) is 6.20 Å². The van der Waals surface area contributed by atoms with Crippen LogP contribution in [0.25, 0.3) is 10.8 Å². The van der Waals surface area contributed by atoms with E-state index in [0.29, 0.717) is 5.82 Å². The molecule has 0 amide bonds. The number of anilines is 1. The Morgan fingerprint density at radius 1 is 1.09 bits per heavy atom. The van der Waals surface area contributed by atoms with Crippen molar-refractivity contribution >= 4 is 16.6 Å². The summed E-state index contributed by atoms with van der Waals surface area (Å²) in [6.45, 7) is 0. The van der Waals surface area contributed by atoms with Gasteiger partial charge in [0.15, 0.2) is 0 Å². The number of nitrogen functional groups attached to an aromatic ring is 1. The van der Waals surface area contributed by atoms with E-state index in [-0.39, 0.29) is 0 Å². The van der Waals surface area contributed by atoms with E-state index in [0.717, 1.165) is 0 Å². The van der Waals surface area contributed by atoms with Crippen LogP contribution >= 0.6 is 0 Å². The fraction of sp³-hybridized carbons (Fsp3) is 0. The third-order valence-electron chi connectivity index (χ3n) is 1.70. The third-order valence-corrected chi connectivity index (χ3v) is 1.70. The second kappa shape index (κ2) is 2.23. The maximum absolute atomic E-state index is 5.57. The number of rotatable bonds is 0. The molecule has 0 aliphatic carbocycles. The van der Waals surface area contributed by atoms with E-state index in [2.05, 4.69) is 4.98 Å². The lowest BCUT2D eigenvalue weighted by Crippen LogP contribution is -2.08. The summed E-state index contributed by atoms with van der Waals surface area (Å²) in [6, 6.07) is 10.0. The second-order valence-electron chi connectivity index (χ2n) is 2.52. The summed E-state index contributed by atoms with van der Waals surface area (Å²) in [5, 5.41) is 2.35. The molecule has 54 valence electrons. The number of nitrogens with two attached hydrogens (primary N) is 1. The van der Waals surface area contributed by atoms with Gasteiger partial charge in [0.1, 0.15) is 0 Å². The quantitative estimate of drug-likeness (QED) is 0.595. The van der Waals surface area contributed by atoms with Crippen LogP contribution in [-0.2, 0) is 0 Å².